The van der Waals surface area contributed by atoms with Gasteiger partial charge in [-0.05, 0) is 19.1 Å². The van der Waals surface area contributed by atoms with Gasteiger partial charge in [-0.1, -0.05) is 28.9 Å². The van der Waals surface area contributed by atoms with E-state index < -0.39 is 0 Å². The van der Waals surface area contributed by atoms with Crippen LogP contribution in [-0.2, 0) is 4.79 Å². The molecule has 2 rings (SSSR count). The molecule has 0 fully saturated rings. The minimum absolute atomic E-state index is 0.127. The first-order valence-electron chi connectivity index (χ1n) is 6.32. The second kappa shape index (κ2) is 6.90. The molecular formula is C14H14ClN3O3. The molecule has 0 unspecified atom stereocenters. The third-order valence-corrected chi connectivity index (χ3v) is 2.98. The Morgan fingerprint density at radius 2 is 2.10 bits per heavy atom. The molecule has 2 amide bonds. The monoisotopic (exact) mass is 307 g/mol. The molecule has 1 aromatic carbocycles. The first kappa shape index (κ1) is 15.1. The molecule has 1 heterocycles. The fraction of sp³-hybridized carbons (Fsp3) is 0.214. The van der Waals surface area contributed by atoms with Gasteiger partial charge in [0.25, 0.3) is 5.91 Å². The topological polar surface area (TPSA) is 84.2 Å². The van der Waals surface area contributed by atoms with Crippen LogP contribution in [0.15, 0.2) is 34.9 Å². The summed E-state index contributed by atoms with van der Waals surface area (Å²) in [6.45, 7) is 1.93. The van der Waals surface area contributed by atoms with E-state index in [1.54, 1.807) is 37.3 Å². The highest BCUT2D eigenvalue weighted by Crippen LogP contribution is 2.14. The van der Waals surface area contributed by atoms with E-state index in [-0.39, 0.29) is 24.8 Å². The summed E-state index contributed by atoms with van der Waals surface area (Å²) in [5, 5.41) is 9.22. The van der Waals surface area contributed by atoms with E-state index in [1.165, 1.54) is 0 Å². The summed E-state index contributed by atoms with van der Waals surface area (Å²) in [6, 6.07) is 8.33. The van der Waals surface area contributed by atoms with E-state index in [4.69, 9.17) is 16.1 Å². The highest BCUT2D eigenvalue weighted by Gasteiger charge is 2.10. The van der Waals surface area contributed by atoms with Gasteiger partial charge in [-0.3, -0.25) is 9.59 Å². The lowest BCUT2D eigenvalue weighted by molar-refractivity contribution is -0.116. The van der Waals surface area contributed by atoms with Crippen LogP contribution in [0.25, 0.3) is 0 Å². The third-order valence-electron chi connectivity index (χ3n) is 2.65. The van der Waals surface area contributed by atoms with Crippen molar-refractivity contribution in [3.63, 3.8) is 0 Å². The van der Waals surface area contributed by atoms with Gasteiger partial charge >= 0.3 is 0 Å². The highest BCUT2D eigenvalue weighted by molar-refractivity contribution is 6.33. The fourth-order valence-corrected chi connectivity index (χ4v) is 1.88. The zero-order valence-corrected chi connectivity index (χ0v) is 12.1. The van der Waals surface area contributed by atoms with Crippen LogP contribution in [0.5, 0.6) is 0 Å². The summed E-state index contributed by atoms with van der Waals surface area (Å²) in [4.78, 5) is 23.5. The van der Waals surface area contributed by atoms with Crippen molar-refractivity contribution in [3.05, 3.63) is 46.7 Å². The van der Waals surface area contributed by atoms with Crippen molar-refractivity contribution in [2.45, 2.75) is 13.3 Å². The molecule has 1 aromatic heterocycles. The van der Waals surface area contributed by atoms with Crippen molar-refractivity contribution in [3.8, 4) is 0 Å². The second-order valence-electron chi connectivity index (χ2n) is 4.36. The number of aromatic nitrogens is 1. The molecule has 0 aliphatic heterocycles. The van der Waals surface area contributed by atoms with Crippen molar-refractivity contribution < 1.29 is 14.1 Å². The zero-order chi connectivity index (χ0) is 15.2. The van der Waals surface area contributed by atoms with Crippen molar-refractivity contribution in [1.29, 1.82) is 0 Å². The third kappa shape index (κ3) is 4.32. The molecule has 6 nitrogen and oxygen atoms in total. The molecule has 0 bridgehead atoms. The Balaban J connectivity index is 1.77. The molecule has 0 atom stereocenters. The number of amides is 2. The number of aryl methyl sites for hydroxylation is 1. The van der Waals surface area contributed by atoms with E-state index in [1.807, 2.05) is 0 Å². The van der Waals surface area contributed by atoms with Crippen molar-refractivity contribution in [2.75, 3.05) is 11.9 Å². The van der Waals surface area contributed by atoms with Gasteiger partial charge in [0.1, 0.15) is 5.76 Å². The molecule has 2 aromatic rings. The fourth-order valence-electron chi connectivity index (χ4n) is 1.66. The van der Waals surface area contributed by atoms with Gasteiger partial charge in [0.2, 0.25) is 5.91 Å². The zero-order valence-electron chi connectivity index (χ0n) is 11.4. The Hall–Kier alpha value is -2.34. The summed E-state index contributed by atoms with van der Waals surface area (Å²) in [5.41, 5.74) is 0.381. The number of hydrogen-bond donors (Lipinski definition) is 2. The highest BCUT2D eigenvalue weighted by atomic mass is 35.5. The average Bonchev–Trinajstić information content (AvgIpc) is 2.84. The number of benzene rings is 1. The summed E-state index contributed by atoms with van der Waals surface area (Å²) >= 11 is 5.91. The first-order chi connectivity index (χ1) is 10.1. The molecule has 0 aliphatic rings. The Morgan fingerprint density at radius 1 is 1.33 bits per heavy atom. The van der Waals surface area contributed by atoms with Gasteiger partial charge < -0.3 is 15.2 Å². The van der Waals surface area contributed by atoms with Gasteiger partial charge in [0.05, 0.1) is 10.6 Å². The van der Waals surface area contributed by atoms with Crippen LogP contribution in [0.1, 0.15) is 22.5 Å². The maximum absolute atomic E-state index is 11.9. The summed E-state index contributed by atoms with van der Waals surface area (Å²) < 4.78 is 4.83. The smallest absolute Gasteiger partial charge is 0.252 e. The lowest BCUT2D eigenvalue weighted by atomic mass is 10.2. The maximum atomic E-state index is 11.9. The predicted octanol–water partition coefficient (Wildman–Crippen LogP) is 2.40. The van der Waals surface area contributed by atoms with Crippen LogP contribution in [0.3, 0.4) is 0 Å². The number of halogens is 1. The van der Waals surface area contributed by atoms with Crippen LogP contribution in [0.4, 0.5) is 5.82 Å². The number of hydrogen-bond acceptors (Lipinski definition) is 4. The van der Waals surface area contributed by atoms with E-state index in [0.29, 0.717) is 22.2 Å². The largest absolute Gasteiger partial charge is 0.360 e. The number of anilines is 1. The van der Waals surface area contributed by atoms with Crippen LogP contribution in [0.2, 0.25) is 5.02 Å². The Kier molecular flexibility index (Phi) is 4.94. The number of nitrogens with one attached hydrogen (secondary N) is 2. The second-order valence-corrected chi connectivity index (χ2v) is 4.76. The van der Waals surface area contributed by atoms with Crippen molar-refractivity contribution in [2.24, 2.45) is 0 Å². The van der Waals surface area contributed by atoms with Crippen molar-refractivity contribution in [1.82, 2.24) is 10.5 Å². The number of carbonyl (C=O) groups is 2. The minimum Gasteiger partial charge on any atom is -0.360 e. The standard InChI is InChI=1S/C14H14ClN3O3/c1-9-8-12(18-21-9)17-13(19)6-7-16-14(20)10-4-2-3-5-11(10)15/h2-5,8H,6-7H2,1H3,(H,16,20)(H,17,18,19). The van der Waals surface area contributed by atoms with E-state index >= 15 is 0 Å². The molecule has 0 spiro atoms. The lowest BCUT2D eigenvalue weighted by Gasteiger charge is -2.06. The van der Waals surface area contributed by atoms with Gasteiger partial charge in [-0.2, -0.15) is 0 Å². The molecule has 110 valence electrons. The van der Waals surface area contributed by atoms with Crippen LogP contribution in [-0.4, -0.2) is 23.5 Å². The van der Waals surface area contributed by atoms with Crippen LogP contribution < -0.4 is 10.6 Å². The molecule has 0 saturated heterocycles. The maximum Gasteiger partial charge on any atom is 0.252 e. The Bertz CT molecular complexity index is 654. The molecule has 0 aliphatic carbocycles. The number of nitrogens with zero attached hydrogens (tertiary/aromatic N) is 1. The molecule has 2 N–H and O–H groups in total. The van der Waals surface area contributed by atoms with Gasteiger partial charge in [-0.25, -0.2) is 0 Å². The van der Waals surface area contributed by atoms with Gasteiger partial charge in [0, 0.05) is 19.0 Å². The molecular weight excluding hydrogens is 294 g/mol. The SMILES string of the molecule is Cc1cc(NC(=O)CCNC(=O)c2ccccc2Cl)no1. The molecule has 0 saturated carbocycles. The Labute approximate surface area is 126 Å². The minimum atomic E-state index is -0.314. The van der Waals surface area contributed by atoms with Gasteiger partial charge in [-0.15, -0.1) is 0 Å². The van der Waals surface area contributed by atoms with Crippen LogP contribution in [0, 0.1) is 6.92 Å². The average molecular weight is 308 g/mol. The lowest BCUT2D eigenvalue weighted by Crippen LogP contribution is -2.27. The van der Waals surface area contributed by atoms with E-state index in [2.05, 4.69) is 15.8 Å². The first-order valence-corrected chi connectivity index (χ1v) is 6.70. The summed E-state index contributed by atoms with van der Waals surface area (Å²) in [6.07, 6.45) is 0.127. The summed E-state index contributed by atoms with van der Waals surface area (Å²) in [5.74, 6) is 0.390. The normalized spacial score (nSPS) is 10.2. The van der Waals surface area contributed by atoms with E-state index in [0.717, 1.165) is 0 Å². The molecule has 7 heteroatoms. The summed E-state index contributed by atoms with van der Waals surface area (Å²) in [7, 11) is 0. The van der Waals surface area contributed by atoms with E-state index in [9.17, 15) is 9.59 Å². The molecule has 0 radical (unpaired) electrons. The molecule has 21 heavy (non-hydrogen) atoms. The number of rotatable bonds is 5. The Morgan fingerprint density at radius 3 is 2.76 bits per heavy atom. The predicted molar refractivity (Wildman–Crippen MR) is 78.3 cm³/mol. The van der Waals surface area contributed by atoms with Gasteiger partial charge in [0.15, 0.2) is 5.82 Å². The quantitative estimate of drug-likeness (QED) is 0.888. The number of carbonyl (C=O) groups excluding carboxylic acids is 2. The van der Waals surface area contributed by atoms with Crippen LogP contribution >= 0.6 is 11.6 Å². The van der Waals surface area contributed by atoms with Crippen molar-refractivity contribution >= 4 is 29.2 Å².